The highest BCUT2D eigenvalue weighted by Crippen LogP contribution is 2.26. The normalized spacial score (nSPS) is 19.2. The molecule has 2 aliphatic rings. The lowest BCUT2D eigenvalue weighted by molar-refractivity contribution is -0.117. The zero-order chi connectivity index (χ0) is 21.1. The van der Waals surface area contributed by atoms with Gasteiger partial charge in [-0.2, -0.15) is 0 Å². The van der Waals surface area contributed by atoms with Crippen LogP contribution in [-0.4, -0.2) is 49.0 Å². The van der Waals surface area contributed by atoms with Crippen LogP contribution in [0.4, 0.5) is 5.69 Å². The predicted octanol–water partition coefficient (Wildman–Crippen LogP) is 3.13. The Hall–Kier alpha value is -2.86. The molecule has 2 aliphatic heterocycles. The van der Waals surface area contributed by atoms with E-state index in [4.69, 9.17) is 4.74 Å². The smallest absolute Gasteiger partial charge is 0.251 e. The first-order chi connectivity index (χ1) is 14.5. The van der Waals surface area contributed by atoms with Crippen molar-refractivity contribution in [1.82, 2.24) is 10.2 Å². The number of carbonyl (C=O) groups excluding carboxylic acids is 2. The molecule has 30 heavy (non-hydrogen) atoms. The molecule has 0 spiro atoms. The van der Waals surface area contributed by atoms with Crippen LogP contribution in [-0.2, 0) is 11.3 Å². The molecule has 0 saturated carbocycles. The van der Waals surface area contributed by atoms with Crippen molar-refractivity contribution in [3.05, 3.63) is 59.2 Å². The Bertz CT molecular complexity index is 926. The van der Waals surface area contributed by atoms with Crippen LogP contribution in [0.5, 0.6) is 5.75 Å². The van der Waals surface area contributed by atoms with E-state index in [2.05, 4.69) is 36.2 Å². The summed E-state index contributed by atoms with van der Waals surface area (Å²) >= 11 is 0. The molecule has 6 nitrogen and oxygen atoms in total. The number of ether oxygens (including phenoxy) is 1. The lowest BCUT2D eigenvalue weighted by Gasteiger charge is -2.22. The van der Waals surface area contributed by atoms with Crippen LogP contribution in [0.25, 0.3) is 0 Å². The molecule has 6 heteroatoms. The van der Waals surface area contributed by atoms with Gasteiger partial charge in [0.15, 0.2) is 0 Å². The number of anilines is 1. The number of rotatable bonds is 5. The van der Waals surface area contributed by atoms with Crippen molar-refractivity contribution in [2.45, 2.75) is 39.3 Å². The first-order valence-electron chi connectivity index (χ1n) is 10.7. The average molecular weight is 408 g/mol. The van der Waals surface area contributed by atoms with Crippen molar-refractivity contribution < 1.29 is 14.3 Å². The van der Waals surface area contributed by atoms with E-state index in [9.17, 15) is 9.59 Å². The summed E-state index contributed by atoms with van der Waals surface area (Å²) in [5.74, 6) is 1.01. The van der Waals surface area contributed by atoms with Gasteiger partial charge in [0.2, 0.25) is 5.91 Å². The quantitative estimate of drug-likeness (QED) is 0.827. The third-order valence-electron chi connectivity index (χ3n) is 5.68. The summed E-state index contributed by atoms with van der Waals surface area (Å²) in [6, 6.07) is 13.6. The summed E-state index contributed by atoms with van der Waals surface area (Å²) in [4.78, 5) is 28.5. The van der Waals surface area contributed by atoms with Crippen LogP contribution in [0.15, 0.2) is 42.5 Å². The highest BCUT2D eigenvalue weighted by atomic mass is 16.5. The molecule has 1 saturated heterocycles. The Balaban J connectivity index is 1.31. The Labute approximate surface area is 177 Å². The number of hydrogen-bond acceptors (Lipinski definition) is 4. The van der Waals surface area contributed by atoms with Gasteiger partial charge < -0.3 is 15.0 Å². The Morgan fingerprint density at radius 2 is 2.00 bits per heavy atom. The number of aryl methyl sites for hydroxylation is 1. The molecule has 0 unspecified atom stereocenters. The van der Waals surface area contributed by atoms with Gasteiger partial charge in [-0.1, -0.05) is 17.7 Å². The van der Waals surface area contributed by atoms with Crippen LogP contribution in [0.2, 0.25) is 0 Å². The number of amides is 2. The lowest BCUT2D eigenvalue weighted by Crippen LogP contribution is -2.37. The van der Waals surface area contributed by atoms with Crippen LogP contribution < -0.4 is 15.0 Å². The van der Waals surface area contributed by atoms with Gasteiger partial charge in [-0.15, -0.1) is 0 Å². The number of nitrogens with one attached hydrogen (secondary N) is 1. The molecule has 0 aliphatic carbocycles. The van der Waals surface area contributed by atoms with Gasteiger partial charge >= 0.3 is 0 Å². The third kappa shape index (κ3) is 4.65. The molecule has 2 aromatic carbocycles. The van der Waals surface area contributed by atoms with Crippen LogP contribution >= 0.6 is 0 Å². The number of carbonyl (C=O) groups is 2. The minimum atomic E-state index is -0.0929. The highest BCUT2D eigenvalue weighted by Gasteiger charge is 2.22. The molecule has 0 bridgehead atoms. The van der Waals surface area contributed by atoms with E-state index in [0.717, 1.165) is 44.0 Å². The average Bonchev–Trinajstić information content (AvgIpc) is 3.08. The molecule has 2 amide bonds. The summed E-state index contributed by atoms with van der Waals surface area (Å²) in [5.41, 5.74) is 3.89. The van der Waals surface area contributed by atoms with Crippen LogP contribution in [0.3, 0.4) is 0 Å². The van der Waals surface area contributed by atoms with Gasteiger partial charge in [-0.3, -0.25) is 14.5 Å². The summed E-state index contributed by atoms with van der Waals surface area (Å²) in [6.07, 6.45) is 1.60. The predicted molar refractivity (Wildman–Crippen MR) is 117 cm³/mol. The Morgan fingerprint density at radius 1 is 1.20 bits per heavy atom. The number of nitrogens with zero attached hydrogens (tertiary/aromatic N) is 2. The molecule has 0 aromatic heterocycles. The van der Waals surface area contributed by atoms with Crippen molar-refractivity contribution in [3.63, 3.8) is 0 Å². The first-order valence-corrected chi connectivity index (χ1v) is 10.7. The van der Waals surface area contributed by atoms with Crippen molar-refractivity contribution in [1.29, 1.82) is 0 Å². The summed E-state index contributed by atoms with van der Waals surface area (Å²) in [5, 5.41) is 3.01. The van der Waals surface area contributed by atoms with Gasteiger partial charge in [0.1, 0.15) is 11.9 Å². The van der Waals surface area contributed by atoms with Gasteiger partial charge in [0, 0.05) is 56.0 Å². The summed E-state index contributed by atoms with van der Waals surface area (Å²) < 4.78 is 6.04. The topological polar surface area (TPSA) is 61.9 Å². The standard InChI is InChI=1S/C24H29N3O3/c1-17-5-10-22-20(14-17)16-26(15-18(2)30-22)13-11-25-24(29)19-6-8-21(9-7-19)27-12-3-4-23(27)28/h5-10,14,18H,3-4,11-13,15-16H2,1-2H3,(H,25,29)/t18-/m0/s1. The zero-order valence-electron chi connectivity index (χ0n) is 17.7. The number of fused-ring (bicyclic) bond motifs is 1. The molecule has 158 valence electrons. The summed E-state index contributed by atoms with van der Waals surface area (Å²) in [7, 11) is 0. The number of hydrogen-bond donors (Lipinski definition) is 1. The highest BCUT2D eigenvalue weighted by molar-refractivity contribution is 5.97. The van der Waals surface area contributed by atoms with E-state index < -0.39 is 0 Å². The molecule has 1 fully saturated rings. The molecule has 2 heterocycles. The monoisotopic (exact) mass is 407 g/mol. The van der Waals surface area contributed by atoms with Crippen LogP contribution in [0, 0.1) is 6.92 Å². The number of benzene rings is 2. The van der Waals surface area contributed by atoms with Crippen molar-refractivity contribution in [3.8, 4) is 5.75 Å². The fourth-order valence-electron chi connectivity index (χ4n) is 4.18. The second-order valence-corrected chi connectivity index (χ2v) is 8.23. The van der Waals surface area contributed by atoms with Gasteiger partial charge in [0.25, 0.3) is 5.91 Å². The van der Waals surface area contributed by atoms with E-state index in [1.54, 1.807) is 17.0 Å². The lowest BCUT2D eigenvalue weighted by atomic mass is 10.1. The third-order valence-corrected chi connectivity index (χ3v) is 5.68. The molecule has 0 radical (unpaired) electrons. The van der Waals surface area contributed by atoms with E-state index in [1.807, 2.05) is 18.2 Å². The molecular formula is C24H29N3O3. The van der Waals surface area contributed by atoms with Gasteiger partial charge in [0.05, 0.1) is 0 Å². The van der Waals surface area contributed by atoms with Crippen molar-refractivity contribution >= 4 is 17.5 Å². The van der Waals surface area contributed by atoms with Gasteiger partial charge in [-0.25, -0.2) is 0 Å². The Kier molecular flexibility index (Phi) is 6.04. The van der Waals surface area contributed by atoms with E-state index >= 15 is 0 Å². The van der Waals surface area contributed by atoms with E-state index in [-0.39, 0.29) is 17.9 Å². The maximum atomic E-state index is 12.5. The SMILES string of the molecule is Cc1ccc2c(c1)CN(CCNC(=O)c1ccc(N3CCCC3=O)cc1)C[C@H](C)O2. The van der Waals surface area contributed by atoms with Crippen molar-refractivity contribution in [2.24, 2.45) is 0 Å². The molecule has 1 N–H and O–H groups in total. The molecular weight excluding hydrogens is 378 g/mol. The molecule has 1 atom stereocenters. The van der Waals surface area contributed by atoms with Crippen molar-refractivity contribution in [2.75, 3.05) is 31.1 Å². The minimum Gasteiger partial charge on any atom is -0.489 e. The zero-order valence-corrected chi connectivity index (χ0v) is 17.7. The Morgan fingerprint density at radius 3 is 2.73 bits per heavy atom. The summed E-state index contributed by atoms with van der Waals surface area (Å²) in [6.45, 7) is 7.88. The second-order valence-electron chi connectivity index (χ2n) is 8.23. The van der Waals surface area contributed by atoms with E-state index in [0.29, 0.717) is 18.5 Å². The van der Waals surface area contributed by atoms with Crippen LogP contribution in [0.1, 0.15) is 41.3 Å². The fraction of sp³-hybridized carbons (Fsp3) is 0.417. The molecule has 4 rings (SSSR count). The maximum Gasteiger partial charge on any atom is 0.251 e. The van der Waals surface area contributed by atoms with E-state index in [1.165, 1.54) is 11.1 Å². The first kappa shape index (κ1) is 20.4. The molecule has 2 aromatic rings. The minimum absolute atomic E-state index is 0.0929. The largest absolute Gasteiger partial charge is 0.489 e. The maximum absolute atomic E-state index is 12.5. The second kappa shape index (κ2) is 8.88. The fourth-order valence-corrected chi connectivity index (χ4v) is 4.18. The van der Waals surface area contributed by atoms with Gasteiger partial charge in [-0.05, 0) is 50.6 Å².